The molecule has 0 amide bonds. The molecule has 0 saturated heterocycles. The van der Waals surface area contributed by atoms with Gasteiger partial charge in [0.25, 0.3) is 0 Å². The van der Waals surface area contributed by atoms with Gasteiger partial charge >= 0.3 is 0 Å². The highest BCUT2D eigenvalue weighted by atomic mass is 16.3. The molecule has 0 bridgehead atoms. The number of hydrogen-bond donors (Lipinski definition) is 1. The van der Waals surface area contributed by atoms with Crippen LogP contribution in [0, 0.1) is 29.1 Å². The van der Waals surface area contributed by atoms with Gasteiger partial charge in [0.05, 0.1) is 11.5 Å². The highest BCUT2D eigenvalue weighted by molar-refractivity contribution is 6.16. The van der Waals surface area contributed by atoms with Crippen LogP contribution in [0.1, 0.15) is 55.3 Å². The Hall–Kier alpha value is -2.27. The summed E-state index contributed by atoms with van der Waals surface area (Å²) in [5.41, 5.74) is 1.64. The fraction of sp³-hybridized carbons (Fsp3) is 0.577. The molecule has 5 rings (SSSR count). The van der Waals surface area contributed by atoms with Gasteiger partial charge in [0, 0.05) is 44.6 Å². The van der Waals surface area contributed by atoms with Crippen molar-refractivity contribution in [2.45, 2.75) is 51.0 Å². The van der Waals surface area contributed by atoms with E-state index < -0.39 is 11.5 Å². The number of rotatable bonds is 3. The van der Waals surface area contributed by atoms with Gasteiger partial charge in [-0.2, -0.15) is 0 Å². The van der Waals surface area contributed by atoms with Crippen molar-refractivity contribution in [2.75, 3.05) is 19.0 Å². The van der Waals surface area contributed by atoms with Crippen LogP contribution >= 0.6 is 0 Å². The van der Waals surface area contributed by atoms with Crippen LogP contribution in [0.4, 0.5) is 5.69 Å². The molecule has 1 aromatic rings. The average Bonchev–Trinajstić information content (AvgIpc) is 3.10. The Kier molecular flexibility index (Phi) is 4.93. The standard InChI is InChI=1S/C26H31NO4/c1-27(2)17-6-3-15(4-7-17)25(31)26-14-22(29)24-19-10-8-18(28)13-16(19)5-9-20(24)21(26)11-12-23(26)30/h3-7,19-22,24,29H,8-14H2,1-2H3/t19-,20-,21-,22-,24+,26+/m0/s1. The third-order valence-corrected chi connectivity index (χ3v) is 8.58. The van der Waals surface area contributed by atoms with Gasteiger partial charge in [0.1, 0.15) is 11.6 Å². The number of benzene rings is 1. The molecule has 5 heteroatoms. The molecule has 6 atom stereocenters. The Morgan fingerprint density at radius 2 is 1.84 bits per heavy atom. The molecule has 0 radical (unpaired) electrons. The Balaban J connectivity index is 1.51. The van der Waals surface area contributed by atoms with E-state index in [0.717, 1.165) is 24.9 Å². The molecule has 0 aromatic heterocycles. The van der Waals surface area contributed by atoms with Crippen LogP contribution in [0.25, 0.3) is 0 Å². The lowest BCUT2D eigenvalue weighted by atomic mass is 9.50. The fourth-order valence-electron chi connectivity index (χ4n) is 7.17. The predicted molar refractivity (Wildman–Crippen MR) is 118 cm³/mol. The SMILES string of the molecule is CN(C)c1ccc(C(=O)[C@]23C[C@H](O)[C@H]4[C@@H](CC=C5CC(=O)CC[C@@H]54)[C@@H]2CCC3=O)cc1. The monoisotopic (exact) mass is 421 g/mol. The van der Waals surface area contributed by atoms with Crippen molar-refractivity contribution in [3.63, 3.8) is 0 Å². The van der Waals surface area contributed by atoms with E-state index in [1.54, 1.807) is 0 Å². The van der Waals surface area contributed by atoms with Crippen LogP contribution in [-0.2, 0) is 9.59 Å². The smallest absolute Gasteiger partial charge is 0.176 e. The molecule has 164 valence electrons. The number of fused-ring (bicyclic) bond motifs is 5. The molecule has 31 heavy (non-hydrogen) atoms. The van der Waals surface area contributed by atoms with E-state index in [9.17, 15) is 19.5 Å². The molecule has 3 saturated carbocycles. The topological polar surface area (TPSA) is 74.7 Å². The number of nitrogens with zero attached hydrogens (tertiary/aromatic N) is 1. The van der Waals surface area contributed by atoms with Crippen LogP contribution in [0.5, 0.6) is 0 Å². The van der Waals surface area contributed by atoms with Crippen molar-refractivity contribution in [1.29, 1.82) is 0 Å². The summed E-state index contributed by atoms with van der Waals surface area (Å²) >= 11 is 0. The second-order valence-electron chi connectivity index (χ2n) is 10.2. The van der Waals surface area contributed by atoms with Gasteiger partial charge in [-0.1, -0.05) is 11.6 Å². The minimum Gasteiger partial charge on any atom is -0.393 e. The number of allylic oxidation sites excluding steroid dienone is 2. The molecule has 0 spiro atoms. The van der Waals surface area contributed by atoms with E-state index in [0.29, 0.717) is 24.8 Å². The van der Waals surface area contributed by atoms with E-state index in [-0.39, 0.29) is 47.4 Å². The van der Waals surface area contributed by atoms with Crippen LogP contribution in [0.2, 0.25) is 0 Å². The summed E-state index contributed by atoms with van der Waals surface area (Å²) in [5, 5.41) is 11.3. The summed E-state index contributed by atoms with van der Waals surface area (Å²) in [4.78, 5) is 41.0. The van der Waals surface area contributed by atoms with Crippen LogP contribution < -0.4 is 4.90 Å². The third-order valence-electron chi connectivity index (χ3n) is 8.58. The number of carbonyl (C=O) groups is 3. The first kappa shape index (κ1) is 20.6. The lowest BCUT2D eigenvalue weighted by molar-refractivity contribution is -0.135. The second-order valence-corrected chi connectivity index (χ2v) is 10.2. The first-order chi connectivity index (χ1) is 14.8. The van der Waals surface area contributed by atoms with E-state index in [4.69, 9.17) is 0 Å². The summed E-state index contributed by atoms with van der Waals surface area (Å²) in [6.45, 7) is 0. The second kappa shape index (κ2) is 7.40. The highest BCUT2D eigenvalue weighted by Crippen LogP contribution is 2.61. The summed E-state index contributed by atoms with van der Waals surface area (Å²) < 4.78 is 0. The van der Waals surface area contributed by atoms with Crippen molar-refractivity contribution in [3.8, 4) is 0 Å². The maximum atomic E-state index is 13.8. The molecule has 0 aliphatic heterocycles. The fourth-order valence-corrected chi connectivity index (χ4v) is 7.17. The van der Waals surface area contributed by atoms with Crippen LogP contribution in [-0.4, -0.2) is 42.7 Å². The number of carbonyl (C=O) groups excluding carboxylic acids is 3. The average molecular weight is 422 g/mol. The maximum absolute atomic E-state index is 13.8. The predicted octanol–water partition coefficient (Wildman–Crippen LogP) is 3.60. The lowest BCUT2D eigenvalue weighted by Gasteiger charge is -2.53. The number of Topliss-reactive ketones (excluding diaryl/α,β-unsaturated/α-hetero) is 3. The first-order valence-electron chi connectivity index (χ1n) is 11.6. The van der Waals surface area contributed by atoms with E-state index >= 15 is 0 Å². The number of aliphatic hydroxyl groups excluding tert-OH is 1. The Morgan fingerprint density at radius 1 is 1.10 bits per heavy atom. The molecule has 1 aromatic carbocycles. The van der Waals surface area contributed by atoms with Crippen molar-refractivity contribution >= 4 is 23.0 Å². The van der Waals surface area contributed by atoms with Gasteiger partial charge in [0.2, 0.25) is 0 Å². The number of ketones is 3. The van der Waals surface area contributed by atoms with E-state index in [2.05, 4.69) is 6.08 Å². The van der Waals surface area contributed by atoms with E-state index in [1.807, 2.05) is 43.3 Å². The molecular formula is C26H31NO4. The number of aliphatic hydroxyl groups is 1. The molecule has 1 N–H and O–H groups in total. The highest BCUT2D eigenvalue weighted by Gasteiger charge is 2.64. The zero-order valence-electron chi connectivity index (χ0n) is 18.3. The summed E-state index contributed by atoms with van der Waals surface area (Å²) in [6, 6.07) is 7.46. The molecule has 0 unspecified atom stereocenters. The van der Waals surface area contributed by atoms with Gasteiger partial charge in [0.15, 0.2) is 5.78 Å². The maximum Gasteiger partial charge on any atom is 0.176 e. The zero-order chi connectivity index (χ0) is 21.9. The van der Waals surface area contributed by atoms with Crippen molar-refractivity contribution in [2.24, 2.45) is 29.1 Å². The molecule has 4 aliphatic carbocycles. The number of anilines is 1. The van der Waals surface area contributed by atoms with Crippen molar-refractivity contribution in [3.05, 3.63) is 41.5 Å². The summed E-state index contributed by atoms with van der Waals surface area (Å²) in [5.74, 6) is 0.553. The molecule has 4 aliphatic rings. The van der Waals surface area contributed by atoms with Gasteiger partial charge in [-0.15, -0.1) is 0 Å². The van der Waals surface area contributed by atoms with Crippen molar-refractivity contribution < 1.29 is 19.5 Å². The van der Waals surface area contributed by atoms with Crippen LogP contribution in [0.15, 0.2) is 35.9 Å². The molecular weight excluding hydrogens is 390 g/mol. The van der Waals surface area contributed by atoms with Gasteiger partial charge < -0.3 is 10.0 Å². The minimum atomic E-state index is -1.10. The molecule has 0 heterocycles. The number of hydrogen-bond acceptors (Lipinski definition) is 5. The Bertz CT molecular complexity index is 962. The zero-order valence-corrected chi connectivity index (χ0v) is 18.3. The van der Waals surface area contributed by atoms with Crippen molar-refractivity contribution in [1.82, 2.24) is 0 Å². The van der Waals surface area contributed by atoms with E-state index in [1.165, 1.54) is 5.57 Å². The van der Waals surface area contributed by atoms with Crippen LogP contribution in [0.3, 0.4) is 0 Å². The van der Waals surface area contributed by atoms with Gasteiger partial charge in [-0.25, -0.2) is 0 Å². The quantitative estimate of drug-likeness (QED) is 0.459. The minimum absolute atomic E-state index is 0.00489. The molecule has 5 nitrogen and oxygen atoms in total. The summed E-state index contributed by atoms with van der Waals surface area (Å²) in [6.07, 6.45) is 5.50. The van der Waals surface area contributed by atoms with Gasteiger partial charge in [-0.05, 0) is 73.6 Å². The third kappa shape index (κ3) is 3.04. The first-order valence-corrected chi connectivity index (χ1v) is 11.6. The molecule has 3 fully saturated rings. The summed E-state index contributed by atoms with van der Waals surface area (Å²) in [7, 11) is 3.90. The Labute approximate surface area is 183 Å². The normalized spacial score (nSPS) is 36.9. The Morgan fingerprint density at radius 3 is 2.55 bits per heavy atom. The lowest BCUT2D eigenvalue weighted by Crippen LogP contribution is -2.56. The largest absolute Gasteiger partial charge is 0.393 e. The van der Waals surface area contributed by atoms with Gasteiger partial charge in [-0.3, -0.25) is 14.4 Å².